The minimum Gasteiger partial charge on any atom is -0.352 e. The van der Waals surface area contributed by atoms with Gasteiger partial charge in [-0.15, -0.1) is 0 Å². The van der Waals surface area contributed by atoms with Crippen molar-refractivity contribution >= 4 is 5.91 Å². The van der Waals surface area contributed by atoms with Crippen LogP contribution in [-0.4, -0.2) is 64.4 Å². The molecule has 0 unspecified atom stereocenters. The van der Waals surface area contributed by atoms with Gasteiger partial charge in [-0.2, -0.15) is 0 Å². The van der Waals surface area contributed by atoms with Gasteiger partial charge in [0.25, 0.3) is 0 Å². The highest BCUT2D eigenvalue weighted by atomic mass is 16.2. The number of piperidine rings is 1. The maximum absolute atomic E-state index is 12.2. The predicted octanol–water partition coefficient (Wildman–Crippen LogP) is 0.435. The summed E-state index contributed by atoms with van der Waals surface area (Å²) in [5.41, 5.74) is 2.27. The fourth-order valence-corrected chi connectivity index (χ4v) is 3.31. The summed E-state index contributed by atoms with van der Waals surface area (Å²) < 4.78 is 0. The average molecular weight is 303 g/mol. The smallest absolute Gasteiger partial charge is 0.234 e. The van der Waals surface area contributed by atoms with Gasteiger partial charge in [0.15, 0.2) is 0 Å². The Morgan fingerprint density at radius 1 is 1.32 bits per heavy atom. The van der Waals surface area contributed by atoms with Crippen molar-refractivity contribution in [2.45, 2.75) is 38.8 Å². The summed E-state index contributed by atoms with van der Waals surface area (Å²) in [5, 5.41) is 3.19. The van der Waals surface area contributed by atoms with Gasteiger partial charge >= 0.3 is 0 Å². The van der Waals surface area contributed by atoms with E-state index in [0.29, 0.717) is 12.6 Å². The minimum atomic E-state index is 0.146. The zero-order chi connectivity index (χ0) is 15.4. The van der Waals surface area contributed by atoms with Gasteiger partial charge in [-0.1, -0.05) is 6.92 Å². The van der Waals surface area contributed by atoms with Crippen molar-refractivity contribution in [3.8, 4) is 0 Å². The standard InChI is InChI=1S/C16H25N5O/c1-2-20-7-4-14(5-8-20)19-16(22)11-21-6-3-13-9-17-12-18-15(13)10-21/h9,12,14H,2-8,10-11H2,1H3,(H,19,22). The van der Waals surface area contributed by atoms with Crippen molar-refractivity contribution in [3.63, 3.8) is 0 Å². The molecule has 0 aliphatic carbocycles. The van der Waals surface area contributed by atoms with Gasteiger partial charge in [-0.3, -0.25) is 9.69 Å². The van der Waals surface area contributed by atoms with E-state index >= 15 is 0 Å². The topological polar surface area (TPSA) is 61.4 Å². The van der Waals surface area contributed by atoms with E-state index in [2.05, 4.69) is 32.0 Å². The molecule has 6 heteroatoms. The second-order valence-corrected chi connectivity index (χ2v) is 6.23. The van der Waals surface area contributed by atoms with E-state index in [-0.39, 0.29) is 5.91 Å². The third-order valence-corrected chi connectivity index (χ3v) is 4.72. The van der Waals surface area contributed by atoms with Crippen molar-refractivity contribution in [2.24, 2.45) is 0 Å². The fourth-order valence-electron chi connectivity index (χ4n) is 3.31. The number of fused-ring (bicyclic) bond motifs is 1. The maximum Gasteiger partial charge on any atom is 0.234 e. The van der Waals surface area contributed by atoms with E-state index in [4.69, 9.17) is 0 Å². The Morgan fingerprint density at radius 3 is 2.91 bits per heavy atom. The van der Waals surface area contributed by atoms with Crippen LogP contribution in [0, 0.1) is 0 Å². The molecule has 1 N–H and O–H groups in total. The summed E-state index contributed by atoms with van der Waals surface area (Å²) in [6, 6.07) is 0.342. The van der Waals surface area contributed by atoms with Crippen LogP contribution in [0.4, 0.5) is 0 Å². The lowest BCUT2D eigenvalue weighted by Crippen LogP contribution is -2.48. The molecule has 3 rings (SSSR count). The quantitative estimate of drug-likeness (QED) is 0.874. The third kappa shape index (κ3) is 3.81. The molecular formula is C16H25N5O. The molecule has 120 valence electrons. The number of rotatable bonds is 4. The molecule has 6 nitrogen and oxygen atoms in total. The molecule has 0 spiro atoms. The highest BCUT2D eigenvalue weighted by molar-refractivity contribution is 5.78. The zero-order valence-electron chi connectivity index (χ0n) is 13.3. The van der Waals surface area contributed by atoms with Gasteiger partial charge < -0.3 is 10.2 Å². The number of nitrogens with zero attached hydrogens (tertiary/aromatic N) is 4. The summed E-state index contributed by atoms with van der Waals surface area (Å²) in [6.45, 7) is 7.61. The van der Waals surface area contributed by atoms with Crippen LogP contribution in [0.2, 0.25) is 0 Å². The molecule has 1 fully saturated rings. The Balaban J connectivity index is 1.45. The monoisotopic (exact) mass is 303 g/mol. The number of nitrogens with one attached hydrogen (secondary N) is 1. The van der Waals surface area contributed by atoms with E-state index in [1.54, 1.807) is 6.33 Å². The second kappa shape index (κ2) is 7.15. The molecule has 1 aromatic rings. The number of hydrogen-bond acceptors (Lipinski definition) is 5. The third-order valence-electron chi connectivity index (χ3n) is 4.72. The molecule has 1 saturated heterocycles. The molecule has 0 saturated carbocycles. The molecule has 2 aliphatic heterocycles. The van der Waals surface area contributed by atoms with Gasteiger partial charge in [-0.05, 0) is 31.4 Å². The van der Waals surface area contributed by atoms with Crippen molar-refractivity contribution in [3.05, 3.63) is 23.8 Å². The molecular weight excluding hydrogens is 278 g/mol. The SMILES string of the molecule is CCN1CCC(NC(=O)CN2CCc3cncnc3C2)CC1. The average Bonchev–Trinajstić information content (AvgIpc) is 2.55. The van der Waals surface area contributed by atoms with E-state index < -0.39 is 0 Å². The number of carbonyl (C=O) groups excluding carboxylic acids is 1. The lowest BCUT2D eigenvalue weighted by Gasteiger charge is -2.32. The van der Waals surface area contributed by atoms with Gasteiger partial charge in [-0.25, -0.2) is 9.97 Å². The van der Waals surface area contributed by atoms with Crippen LogP contribution in [0.3, 0.4) is 0 Å². The van der Waals surface area contributed by atoms with Crippen LogP contribution in [0.25, 0.3) is 0 Å². The molecule has 1 aromatic heterocycles. The van der Waals surface area contributed by atoms with Gasteiger partial charge in [0.05, 0.1) is 12.2 Å². The molecule has 22 heavy (non-hydrogen) atoms. The number of carbonyl (C=O) groups is 1. The van der Waals surface area contributed by atoms with Crippen LogP contribution < -0.4 is 5.32 Å². The van der Waals surface area contributed by atoms with Gasteiger partial charge in [0.2, 0.25) is 5.91 Å². The predicted molar refractivity (Wildman–Crippen MR) is 84.3 cm³/mol. The van der Waals surface area contributed by atoms with Crippen LogP contribution in [0.5, 0.6) is 0 Å². The van der Waals surface area contributed by atoms with Crippen LogP contribution >= 0.6 is 0 Å². The van der Waals surface area contributed by atoms with Crippen LogP contribution in [-0.2, 0) is 17.8 Å². The number of amides is 1. The summed E-state index contributed by atoms with van der Waals surface area (Å²) in [5.74, 6) is 0.146. The Hall–Kier alpha value is -1.53. The minimum absolute atomic E-state index is 0.146. The zero-order valence-corrected chi connectivity index (χ0v) is 13.3. The number of hydrogen-bond donors (Lipinski definition) is 1. The lowest BCUT2D eigenvalue weighted by molar-refractivity contribution is -0.123. The summed E-state index contributed by atoms with van der Waals surface area (Å²) in [4.78, 5) is 25.2. The van der Waals surface area contributed by atoms with E-state index in [1.165, 1.54) is 5.56 Å². The molecule has 3 heterocycles. The first-order valence-corrected chi connectivity index (χ1v) is 8.26. The largest absolute Gasteiger partial charge is 0.352 e. The van der Waals surface area contributed by atoms with Crippen molar-refractivity contribution in [1.29, 1.82) is 0 Å². The highest BCUT2D eigenvalue weighted by Gasteiger charge is 2.22. The van der Waals surface area contributed by atoms with Crippen molar-refractivity contribution in [2.75, 3.05) is 32.7 Å². The van der Waals surface area contributed by atoms with Crippen LogP contribution in [0.15, 0.2) is 12.5 Å². The molecule has 0 aromatic carbocycles. The Labute approximate surface area is 131 Å². The number of aromatic nitrogens is 2. The molecule has 0 atom stereocenters. The second-order valence-electron chi connectivity index (χ2n) is 6.23. The van der Waals surface area contributed by atoms with E-state index in [1.807, 2.05) is 6.20 Å². The first-order chi connectivity index (χ1) is 10.7. The maximum atomic E-state index is 12.2. The van der Waals surface area contributed by atoms with E-state index in [9.17, 15) is 4.79 Å². The normalized spacial score (nSPS) is 20.6. The summed E-state index contributed by atoms with van der Waals surface area (Å²) in [6.07, 6.45) is 6.54. The number of likely N-dealkylation sites (tertiary alicyclic amines) is 1. The first kappa shape index (κ1) is 15.4. The van der Waals surface area contributed by atoms with Crippen molar-refractivity contribution < 1.29 is 4.79 Å². The highest BCUT2D eigenvalue weighted by Crippen LogP contribution is 2.15. The molecule has 0 radical (unpaired) electrons. The lowest BCUT2D eigenvalue weighted by atomic mass is 10.0. The van der Waals surface area contributed by atoms with Crippen LogP contribution in [0.1, 0.15) is 31.0 Å². The summed E-state index contributed by atoms with van der Waals surface area (Å²) in [7, 11) is 0. The summed E-state index contributed by atoms with van der Waals surface area (Å²) >= 11 is 0. The molecule has 0 bridgehead atoms. The van der Waals surface area contributed by atoms with Gasteiger partial charge in [0.1, 0.15) is 6.33 Å². The molecule has 1 amide bonds. The Morgan fingerprint density at radius 2 is 2.14 bits per heavy atom. The van der Waals surface area contributed by atoms with Crippen molar-refractivity contribution in [1.82, 2.24) is 25.1 Å². The Bertz CT molecular complexity index is 513. The first-order valence-electron chi connectivity index (χ1n) is 8.26. The van der Waals surface area contributed by atoms with E-state index in [0.717, 1.165) is 57.7 Å². The Kier molecular flexibility index (Phi) is 5.00. The van der Waals surface area contributed by atoms with Gasteiger partial charge in [0, 0.05) is 38.4 Å². The fraction of sp³-hybridized carbons (Fsp3) is 0.688. The molecule has 2 aliphatic rings.